The summed E-state index contributed by atoms with van der Waals surface area (Å²) in [6.45, 7) is 3.44. The topological polar surface area (TPSA) is 59.5 Å². The number of pyridine rings is 1. The number of carbonyl (C=O) groups is 2. The Morgan fingerprint density at radius 3 is 2.53 bits per heavy atom. The molecular formula is C29H32N2O3. The number of aryl methyl sites for hydroxylation is 1. The van der Waals surface area contributed by atoms with Gasteiger partial charge in [0.25, 0.3) is 5.91 Å². The molecule has 1 aliphatic heterocycles. The number of ether oxygens (including phenoxy) is 1. The normalized spacial score (nSPS) is 18.5. The van der Waals surface area contributed by atoms with Gasteiger partial charge in [0.2, 0.25) is 0 Å². The highest BCUT2D eigenvalue weighted by molar-refractivity contribution is 6.05. The number of piperidine rings is 1. The lowest BCUT2D eigenvalue weighted by atomic mass is 9.84. The van der Waals surface area contributed by atoms with Crippen LogP contribution in [-0.4, -0.2) is 41.5 Å². The van der Waals surface area contributed by atoms with Crippen LogP contribution in [0.2, 0.25) is 0 Å². The van der Waals surface area contributed by atoms with Gasteiger partial charge in [-0.1, -0.05) is 55.5 Å². The number of nitrogens with zero attached hydrogens (tertiary/aromatic N) is 2. The molecule has 1 fully saturated rings. The number of carbonyl (C=O) groups excluding carboxylic acids is 2. The first-order valence-electron chi connectivity index (χ1n) is 12.5. The van der Waals surface area contributed by atoms with Crippen molar-refractivity contribution in [3.05, 3.63) is 77.0 Å². The van der Waals surface area contributed by atoms with Crippen LogP contribution in [0.15, 0.2) is 54.6 Å². The molecule has 0 radical (unpaired) electrons. The van der Waals surface area contributed by atoms with Crippen molar-refractivity contribution in [3.8, 4) is 0 Å². The van der Waals surface area contributed by atoms with E-state index in [-0.39, 0.29) is 12.5 Å². The molecule has 3 aromatic rings. The minimum atomic E-state index is -0.406. The summed E-state index contributed by atoms with van der Waals surface area (Å²) < 4.78 is 5.62. The van der Waals surface area contributed by atoms with Crippen molar-refractivity contribution >= 4 is 22.8 Å². The van der Waals surface area contributed by atoms with Crippen LogP contribution in [0.25, 0.3) is 10.9 Å². The summed E-state index contributed by atoms with van der Waals surface area (Å²) in [5.41, 5.74) is 4.76. The average Bonchev–Trinajstić information content (AvgIpc) is 2.87. The second kappa shape index (κ2) is 9.96. The fourth-order valence-corrected chi connectivity index (χ4v) is 5.42. The van der Waals surface area contributed by atoms with Crippen molar-refractivity contribution in [1.29, 1.82) is 0 Å². The van der Waals surface area contributed by atoms with Crippen LogP contribution in [-0.2, 0) is 28.8 Å². The van der Waals surface area contributed by atoms with Gasteiger partial charge in [-0.2, -0.15) is 0 Å². The molecule has 1 saturated heterocycles. The van der Waals surface area contributed by atoms with E-state index in [0.717, 1.165) is 73.8 Å². The molecule has 1 aromatic heterocycles. The van der Waals surface area contributed by atoms with Gasteiger partial charge < -0.3 is 9.64 Å². The van der Waals surface area contributed by atoms with Crippen LogP contribution in [0, 0.1) is 11.8 Å². The molecule has 2 aliphatic rings. The lowest BCUT2D eigenvalue weighted by Gasteiger charge is -2.32. The number of esters is 1. The van der Waals surface area contributed by atoms with E-state index in [1.807, 2.05) is 35.2 Å². The van der Waals surface area contributed by atoms with Crippen LogP contribution in [0.5, 0.6) is 0 Å². The SMILES string of the molecule is CC1CCc2nc3ccccc3c(C(=O)OCC(=O)N3CCC(Cc4ccccc4)CC3)c2C1. The summed E-state index contributed by atoms with van der Waals surface area (Å²) in [4.78, 5) is 32.8. The van der Waals surface area contributed by atoms with Gasteiger partial charge in [-0.25, -0.2) is 4.79 Å². The van der Waals surface area contributed by atoms with Gasteiger partial charge >= 0.3 is 5.97 Å². The van der Waals surface area contributed by atoms with E-state index in [1.54, 1.807) is 0 Å². The molecule has 2 heterocycles. The third kappa shape index (κ3) is 4.84. The van der Waals surface area contributed by atoms with E-state index in [9.17, 15) is 9.59 Å². The monoisotopic (exact) mass is 456 g/mol. The molecule has 5 nitrogen and oxygen atoms in total. The molecule has 1 unspecified atom stereocenters. The predicted molar refractivity (Wildman–Crippen MR) is 133 cm³/mol. The Labute approximate surface area is 201 Å². The number of likely N-dealkylation sites (tertiary alicyclic amines) is 1. The molecule has 34 heavy (non-hydrogen) atoms. The Balaban J connectivity index is 1.23. The Bertz CT molecular complexity index is 1180. The third-order valence-corrected chi connectivity index (χ3v) is 7.37. The van der Waals surface area contributed by atoms with E-state index in [4.69, 9.17) is 9.72 Å². The number of hydrogen-bond donors (Lipinski definition) is 0. The van der Waals surface area contributed by atoms with Crippen LogP contribution >= 0.6 is 0 Å². The Morgan fingerprint density at radius 2 is 1.74 bits per heavy atom. The lowest BCUT2D eigenvalue weighted by Crippen LogP contribution is -2.41. The standard InChI is InChI=1S/C29H32N2O3/c1-20-11-12-26-24(17-20)28(23-9-5-6-10-25(23)30-26)29(33)34-19-27(32)31-15-13-22(14-16-31)18-21-7-3-2-4-8-21/h2-10,20,22H,11-19H2,1H3. The number of amides is 1. The highest BCUT2D eigenvalue weighted by atomic mass is 16.5. The van der Waals surface area contributed by atoms with Crippen LogP contribution in [0.3, 0.4) is 0 Å². The van der Waals surface area contributed by atoms with Gasteiger partial charge in [-0.05, 0) is 67.6 Å². The molecule has 176 valence electrons. The maximum Gasteiger partial charge on any atom is 0.339 e. The molecular weight excluding hydrogens is 424 g/mol. The third-order valence-electron chi connectivity index (χ3n) is 7.37. The van der Waals surface area contributed by atoms with Crippen molar-refractivity contribution in [2.75, 3.05) is 19.7 Å². The summed E-state index contributed by atoms with van der Waals surface area (Å²) in [6, 6.07) is 18.2. The van der Waals surface area contributed by atoms with Gasteiger partial charge in [0.05, 0.1) is 11.1 Å². The second-order valence-corrected chi connectivity index (χ2v) is 9.87. The second-order valence-electron chi connectivity index (χ2n) is 9.87. The van der Waals surface area contributed by atoms with Gasteiger partial charge in [0.1, 0.15) is 0 Å². The molecule has 5 heteroatoms. The van der Waals surface area contributed by atoms with Crippen LogP contribution in [0.4, 0.5) is 0 Å². The van der Waals surface area contributed by atoms with Crippen molar-refractivity contribution in [1.82, 2.24) is 9.88 Å². The van der Waals surface area contributed by atoms with Gasteiger partial charge in [0, 0.05) is 24.2 Å². The summed E-state index contributed by atoms with van der Waals surface area (Å²) in [5.74, 6) is 0.579. The molecule has 5 rings (SSSR count). The minimum Gasteiger partial charge on any atom is -0.452 e. The van der Waals surface area contributed by atoms with E-state index >= 15 is 0 Å². The first-order chi connectivity index (χ1) is 16.6. The average molecular weight is 457 g/mol. The van der Waals surface area contributed by atoms with E-state index in [2.05, 4.69) is 31.2 Å². The maximum atomic E-state index is 13.3. The quantitative estimate of drug-likeness (QED) is 0.507. The summed E-state index contributed by atoms with van der Waals surface area (Å²) in [5, 5.41) is 0.814. The highest BCUT2D eigenvalue weighted by Gasteiger charge is 2.28. The number of aromatic nitrogens is 1. The van der Waals surface area contributed by atoms with Crippen molar-refractivity contribution in [2.24, 2.45) is 11.8 Å². The van der Waals surface area contributed by atoms with Crippen molar-refractivity contribution in [3.63, 3.8) is 0 Å². The summed E-state index contributed by atoms with van der Waals surface area (Å²) in [7, 11) is 0. The van der Waals surface area contributed by atoms with E-state index < -0.39 is 5.97 Å². The zero-order chi connectivity index (χ0) is 23.5. The van der Waals surface area contributed by atoms with Gasteiger partial charge in [0.15, 0.2) is 6.61 Å². The van der Waals surface area contributed by atoms with Crippen LogP contribution < -0.4 is 0 Å². The zero-order valence-corrected chi connectivity index (χ0v) is 19.8. The summed E-state index contributed by atoms with van der Waals surface area (Å²) >= 11 is 0. The first kappa shape index (κ1) is 22.6. The zero-order valence-electron chi connectivity index (χ0n) is 19.8. The molecule has 2 aromatic carbocycles. The largest absolute Gasteiger partial charge is 0.452 e. The van der Waals surface area contributed by atoms with E-state index in [0.29, 0.717) is 17.4 Å². The predicted octanol–water partition coefficient (Wildman–Crippen LogP) is 5.00. The first-order valence-corrected chi connectivity index (χ1v) is 12.5. The Hall–Kier alpha value is -3.21. The molecule has 1 amide bonds. The Morgan fingerprint density at radius 1 is 1.00 bits per heavy atom. The Kier molecular flexibility index (Phi) is 6.61. The van der Waals surface area contributed by atoms with Crippen LogP contribution in [0.1, 0.15) is 53.4 Å². The van der Waals surface area contributed by atoms with Crippen molar-refractivity contribution < 1.29 is 14.3 Å². The molecule has 0 bridgehead atoms. The minimum absolute atomic E-state index is 0.105. The van der Waals surface area contributed by atoms with Gasteiger partial charge in [-0.3, -0.25) is 9.78 Å². The molecule has 1 atom stereocenters. The fraction of sp³-hybridized carbons (Fsp3) is 0.414. The summed E-state index contributed by atoms with van der Waals surface area (Å²) in [6.07, 6.45) is 5.78. The number of fused-ring (bicyclic) bond motifs is 2. The lowest BCUT2D eigenvalue weighted by molar-refractivity contribution is -0.135. The smallest absolute Gasteiger partial charge is 0.339 e. The van der Waals surface area contributed by atoms with Gasteiger partial charge in [-0.15, -0.1) is 0 Å². The number of benzene rings is 2. The molecule has 1 aliphatic carbocycles. The molecule has 0 spiro atoms. The number of para-hydroxylation sites is 1. The maximum absolute atomic E-state index is 13.3. The number of rotatable bonds is 5. The molecule has 0 saturated carbocycles. The fourth-order valence-electron chi connectivity index (χ4n) is 5.42. The molecule has 0 N–H and O–H groups in total. The van der Waals surface area contributed by atoms with Crippen molar-refractivity contribution in [2.45, 2.75) is 45.4 Å². The van der Waals surface area contributed by atoms with E-state index in [1.165, 1.54) is 5.56 Å². The number of hydrogen-bond acceptors (Lipinski definition) is 4. The highest BCUT2D eigenvalue weighted by Crippen LogP contribution is 2.32.